The van der Waals surface area contributed by atoms with Gasteiger partial charge >= 0.3 is 6.18 Å². The molecule has 2 saturated carbocycles. The normalized spacial score (nSPS) is 36.4. The summed E-state index contributed by atoms with van der Waals surface area (Å²) in [5, 5.41) is 3.24. The Morgan fingerprint density at radius 1 is 1.15 bits per heavy atom. The molecule has 3 aliphatic rings. The van der Waals surface area contributed by atoms with Crippen LogP contribution in [0.1, 0.15) is 64.2 Å². The summed E-state index contributed by atoms with van der Waals surface area (Å²) in [5.74, 6) is -0.831. The topological polar surface area (TPSA) is 67.6 Å². The molecule has 2 unspecified atom stereocenters. The van der Waals surface area contributed by atoms with Crippen LogP contribution >= 0.6 is 0 Å². The maximum Gasteiger partial charge on any atom is 0.391 e. The second-order valence-corrected chi connectivity index (χ2v) is 8.62. The van der Waals surface area contributed by atoms with E-state index in [0.717, 1.165) is 12.8 Å². The van der Waals surface area contributed by atoms with Crippen LogP contribution in [0.15, 0.2) is 0 Å². The van der Waals surface area contributed by atoms with Crippen LogP contribution < -0.4 is 11.1 Å². The Kier molecular flexibility index (Phi) is 6.37. The Hall–Kier alpha value is -0.860. The van der Waals surface area contributed by atoms with Crippen LogP contribution in [0.25, 0.3) is 0 Å². The third-order valence-corrected chi connectivity index (χ3v) is 6.64. The van der Waals surface area contributed by atoms with Crippen molar-refractivity contribution in [2.24, 2.45) is 17.6 Å². The van der Waals surface area contributed by atoms with Gasteiger partial charge in [-0.15, -0.1) is 0 Å². The predicted octanol–water partition coefficient (Wildman–Crippen LogP) is 3.14. The molecule has 1 amide bonds. The van der Waals surface area contributed by atoms with Gasteiger partial charge in [0, 0.05) is 7.05 Å². The number of halogens is 3. The van der Waals surface area contributed by atoms with Crippen LogP contribution in [0.5, 0.6) is 0 Å². The van der Waals surface area contributed by atoms with E-state index in [1.807, 2.05) is 0 Å². The van der Waals surface area contributed by atoms with Gasteiger partial charge in [0.2, 0.25) is 5.91 Å². The molecule has 0 aromatic heterocycles. The molecule has 3 fully saturated rings. The smallest absolute Gasteiger partial charge is 0.376 e. The molecular formula is C19H32F3N3O2. The van der Waals surface area contributed by atoms with Crippen LogP contribution in [0.3, 0.4) is 0 Å². The monoisotopic (exact) mass is 391 g/mol. The van der Waals surface area contributed by atoms with Gasteiger partial charge in [-0.2, -0.15) is 13.2 Å². The highest BCUT2D eigenvalue weighted by molar-refractivity contribution is 5.88. The molecule has 0 radical (unpaired) electrons. The molecule has 1 aliphatic heterocycles. The zero-order valence-corrected chi connectivity index (χ0v) is 16.1. The second-order valence-electron chi connectivity index (χ2n) is 8.62. The summed E-state index contributed by atoms with van der Waals surface area (Å²) in [5.41, 5.74) is 5.19. The van der Waals surface area contributed by atoms with Crippen LogP contribution in [0.4, 0.5) is 13.2 Å². The fraction of sp³-hybridized carbons (Fsp3) is 0.947. The molecule has 2 atom stereocenters. The lowest BCUT2D eigenvalue weighted by atomic mass is 9.79. The first-order chi connectivity index (χ1) is 12.7. The molecule has 1 heterocycles. The van der Waals surface area contributed by atoms with E-state index in [0.29, 0.717) is 25.2 Å². The summed E-state index contributed by atoms with van der Waals surface area (Å²) >= 11 is 0. The molecule has 0 aromatic rings. The minimum absolute atomic E-state index is 0.0652. The number of hydrogen-bond donors (Lipinski definition) is 2. The number of nitrogens with one attached hydrogen (secondary N) is 1. The van der Waals surface area contributed by atoms with E-state index in [9.17, 15) is 18.0 Å². The van der Waals surface area contributed by atoms with Crippen LogP contribution in [-0.4, -0.2) is 48.6 Å². The number of nitrogens with zero attached hydrogens (tertiary/aromatic N) is 1. The van der Waals surface area contributed by atoms with Crippen LogP contribution in [0, 0.1) is 11.8 Å². The molecule has 5 nitrogen and oxygen atoms in total. The number of carbonyl (C=O) groups is 1. The number of nitrogens with two attached hydrogens (primary N) is 1. The average Bonchev–Trinajstić information content (AvgIpc) is 2.85. The van der Waals surface area contributed by atoms with E-state index in [-0.39, 0.29) is 31.5 Å². The number of amides is 1. The van der Waals surface area contributed by atoms with Crippen molar-refractivity contribution in [3.8, 4) is 0 Å². The molecule has 3 N–H and O–H groups in total. The fourth-order valence-corrected chi connectivity index (χ4v) is 4.92. The van der Waals surface area contributed by atoms with Crippen LogP contribution in [-0.2, 0) is 9.53 Å². The van der Waals surface area contributed by atoms with E-state index >= 15 is 0 Å². The first kappa shape index (κ1) is 20.9. The molecule has 8 heteroatoms. The van der Waals surface area contributed by atoms with Gasteiger partial charge in [-0.05, 0) is 38.0 Å². The summed E-state index contributed by atoms with van der Waals surface area (Å²) in [6, 6.07) is 0. The fourth-order valence-electron chi connectivity index (χ4n) is 4.92. The van der Waals surface area contributed by atoms with Crippen molar-refractivity contribution in [3.05, 3.63) is 0 Å². The average molecular weight is 391 g/mol. The van der Waals surface area contributed by atoms with E-state index in [4.69, 9.17) is 10.5 Å². The molecule has 27 heavy (non-hydrogen) atoms. The Bertz CT molecular complexity index is 517. The standard InChI is InChI=1S/C19H32F3N3O2/c1-25-16(26)18(24-17(25)23,11-13-5-3-2-4-6-13)12-27-15-9-7-14(8-10-15)19(20,21)22/h13-15,17,24H,2-12,23H2,1H3. The Balaban J connectivity index is 1.60. The lowest BCUT2D eigenvalue weighted by molar-refractivity contribution is -0.188. The number of alkyl halides is 3. The van der Waals surface area contributed by atoms with Crippen molar-refractivity contribution in [1.29, 1.82) is 0 Å². The highest BCUT2D eigenvalue weighted by Crippen LogP contribution is 2.39. The molecule has 1 saturated heterocycles. The number of likely N-dealkylation sites (N-methyl/N-ethyl adjacent to an activating group) is 1. The first-order valence-electron chi connectivity index (χ1n) is 10.2. The van der Waals surface area contributed by atoms with Crippen LogP contribution in [0.2, 0.25) is 0 Å². The number of hydrogen-bond acceptors (Lipinski definition) is 4. The minimum atomic E-state index is -4.12. The lowest BCUT2D eigenvalue weighted by Crippen LogP contribution is -2.54. The zero-order chi connectivity index (χ0) is 19.7. The maximum absolute atomic E-state index is 12.9. The predicted molar refractivity (Wildman–Crippen MR) is 95.6 cm³/mol. The molecule has 0 spiro atoms. The summed E-state index contributed by atoms with van der Waals surface area (Å²) in [7, 11) is 1.68. The van der Waals surface area contributed by atoms with E-state index in [1.165, 1.54) is 24.2 Å². The van der Waals surface area contributed by atoms with Gasteiger partial charge in [0.15, 0.2) is 0 Å². The molecular weight excluding hydrogens is 359 g/mol. The number of carbonyl (C=O) groups excluding carboxylic acids is 1. The van der Waals surface area contributed by atoms with Gasteiger partial charge in [-0.3, -0.25) is 15.8 Å². The third kappa shape index (κ3) is 4.77. The van der Waals surface area contributed by atoms with Gasteiger partial charge in [0.1, 0.15) is 11.8 Å². The summed E-state index contributed by atoms with van der Waals surface area (Å²) in [4.78, 5) is 14.4. The van der Waals surface area contributed by atoms with Crippen molar-refractivity contribution in [2.45, 2.75) is 88.3 Å². The van der Waals surface area contributed by atoms with Gasteiger partial charge in [-0.25, -0.2) is 0 Å². The van der Waals surface area contributed by atoms with Crippen molar-refractivity contribution in [1.82, 2.24) is 10.2 Å². The van der Waals surface area contributed by atoms with Gasteiger partial charge < -0.3 is 9.64 Å². The summed E-state index contributed by atoms with van der Waals surface area (Å²) < 4.78 is 44.5. The minimum Gasteiger partial charge on any atom is -0.376 e. The van der Waals surface area contributed by atoms with Gasteiger partial charge in [-0.1, -0.05) is 32.1 Å². The Morgan fingerprint density at radius 3 is 2.30 bits per heavy atom. The number of ether oxygens (including phenoxy) is 1. The van der Waals surface area contributed by atoms with Gasteiger partial charge in [0.25, 0.3) is 0 Å². The molecule has 156 valence electrons. The summed E-state index contributed by atoms with van der Waals surface area (Å²) in [6.45, 7) is 0.182. The van der Waals surface area contributed by atoms with E-state index in [1.54, 1.807) is 7.05 Å². The molecule has 0 bridgehead atoms. The van der Waals surface area contributed by atoms with E-state index in [2.05, 4.69) is 5.32 Å². The van der Waals surface area contributed by atoms with Crippen molar-refractivity contribution < 1.29 is 22.7 Å². The third-order valence-electron chi connectivity index (χ3n) is 6.64. The SMILES string of the molecule is CN1C(=O)C(COC2CCC(C(F)(F)F)CC2)(CC2CCCCC2)NC1N. The quantitative estimate of drug-likeness (QED) is 0.756. The van der Waals surface area contributed by atoms with Crippen molar-refractivity contribution in [2.75, 3.05) is 13.7 Å². The van der Waals surface area contributed by atoms with E-state index < -0.39 is 23.9 Å². The highest BCUT2D eigenvalue weighted by Gasteiger charge is 2.50. The molecule has 2 aliphatic carbocycles. The maximum atomic E-state index is 12.9. The number of rotatable bonds is 5. The lowest BCUT2D eigenvalue weighted by Gasteiger charge is -2.35. The Morgan fingerprint density at radius 2 is 1.78 bits per heavy atom. The zero-order valence-electron chi connectivity index (χ0n) is 16.1. The van der Waals surface area contributed by atoms with Crippen molar-refractivity contribution >= 4 is 5.91 Å². The first-order valence-corrected chi connectivity index (χ1v) is 10.2. The van der Waals surface area contributed by atoms with Gasteiger partial charge in [0.05, 0.1) is 18.6 Å². The largest absolute Gasteiger partial charge is 0.391 e. The highest BCUT2D eigenvalue weighted by atomic mass is 19.4. The Labute approximate surface area is 159 Å². The van der Waals surface area contributed by atoms with Crippen molar-refractivity contribution in [3.63, 3.8) is 0 Å². The second kappa shape index (κ2) is 8.25. The molecule has 3 rings (SSSR count). The summed E-state index contributed by atoms with van der Waals surface area (Å²) in [6.07, 6.45) is 2.58. The molecule has 0 aromatic carbocycles.